The molecule has 2 rings (SSSR count). The van der Waals surface area contributed by atoms with Crippen LogP contribution in [0.4, 0.5) is 0 Å². The molecule has 2 aromatic carbocycles. The van der Waals surface area contributed by atoms with E-state index in [0.29, 0.717) is 19.7 Å². The molecule has 5 heteroatoms. The SMILES string of the molecule is COCCNC(=O)[C@@H](C)N(Cc1ccccc1)C(=O)Cc1ccccc1. The van der Waals surface area contributed by atoms with Crippen molar-refractivity contribution in [2.24, 2.45) is 0 Å². The van der Waals surface area contributed by atoms with Gasteiger partial charge in [0, 0.05) is 20.2 Å². The van der Waals surface area contributed by atoms with Gasteiger partial charge in [0.25, 0.3) is 0 Å². The number of amides is 2. The number of ether oxygens (including phenoxy) is 1. The van der Waals surface area contributed by atoms with Crippen LogP contribution in [0.1, 0.15) is 18.1 Å². The fourth-order valence-electron chi connectivity index (χ4n) is 2.66. The van der Waals surface area contributed by atoms with Gasteiger partial charge in [0.15, 0.2) is 0 Å². The molecule has 0 saturated heterocycles. The largest absolute Gasteiger partial charge is 0.383 e. The first kappa shape index (κ1) is 19.7. The third-order valence-corrected chi connectivity index (χ3v) is 4.17. The number of carbonyl (C=O) groups is 2. The molecule has 0 aliphatic heterocycles. The minimum atomic E-state index is -0.566. The fourth-order valence-corrected chi connectivity index (χ4v) is 2.66. The maximum atomic E-state index is 12.9. The average Bonchev–Trinajstić information content (AvgIpc) is 2.67. The molecule has 0 aliphatic carbocycles. The Kier molecular flexibility index (Phi) is 7.83. The number of carbonyl (C=O) groups excluding carboxylic acids is 2. The van der Waals surface area contributed by atoms with Gasteiger partial charge in [0.1, 0.15) is 6.04 Å². The summed E-state index contributed by atoms with van der Waals surface area (Å²) in [4.78, 5) is 27.0. The zero-order chi connectivity index (χ0) is 18.8. The zero-order valence-corrected chi connectivity index (χ0v) is 15.4. The molecule has 0 bridgehead atoms. The molecule has 0 fully saturated rings. The van der Waals surface area contributed by atoms with Crippen LogP contribution in [-0.4, -0.2) is 43.0 Å². The van der Waals surface area contributed by atoms with Gasteiger partial charge in [0.2, 0.25) is 11.8 Å². The number of hydrogen-bond acceptors (Lipinski definition) is 3. The molecule has 1 atom stereocenters. The Labute approximate surface area is 155 Å². The Morgan fingerprint density at radius 1 is 1.00 bits per heavy atom. The van der Waals surface area contributed by atoms with Gasteiger partial charge in [-0.05, 0) is 18.1 Å². The van der Waals surface area contributed by atoms with Crippen molar-refractivity contribution in [1.29, 1.82) is 0 Å². The van der Waals surface area contributed by atoms with Crippen LogP contribution in [0.2, 0.25) is 0 Å². The lowest BCUT2D eigenvalue weighted by atomic mass is 10.1. The number of benzene rings is 2. The van der Waals surface area contributed by atoms with Crippen LogP contribution in [0.15, 0.2) is 60.7 Å². The van der Waals surface area contributed by atoms with Crippen molar-refractivity contribution in [2.75, 3.05) is 20.3 Å². The predicted molar refractivity (Wildman–Crippen MR) is 101 cm³/mol. The molecule has 2 amide bonds. The third-order valence-electron chi connectivity index (χ3n) is 4.17. The first-order valence-corrected chi connectivity index (χ1v) is 8.75. The molecule has 138 valence electrons. The van der Waals surface area contributed by atoms with Gasteiger partial charge in [-0.1, -0.05) is 60.7 Å². The maximum absolute atomic E-state index is 12.9. The molecular weight excluding hydrogens is 328 g/mol. The third kappa shape index (κ3) is 6.01. The predicted octanol–water partition coefficient (Wildman–Crippen LogP) is 2.41. The van der Waals surface area contributed by atoms with E-state index in [1.54, 1.807) is 18.9 Å². The number of nitrogens with one attached hydrogen (secondary N) is 1. The highest BCUT2D eigenvalue weighted by atomic mass is 16.5. The molecule has 0 heterocycles. The second-order valence-corrected chi connectivity index (χ2v) is 6.13. The molecule has 0 aromatic heterocycles. The van der Waals surface area contributed by atoms with Crippen molar-refractivity contribution in [3.05, 3.63) is 71.8 Å². The van der Waals surface area contributed by atoms with Crippen LogP contribution in [-0.2, 0) is 27.3 Å². The van der Waals surface area contributed by atoms with E-state index >= 15 is 0 Å². The van der Waals surface area contributed by atoms with E-state index < -0.39 is 6.04 Å². The summed E-state index contributed by atoms with van der Waals surface area (Å²) in [5.74, 6) is -0.256. The van der Waals surface area contributed by atoms with E-state index in [-0.39, 0.29) is 18.2 Å². The molecule has 2 aromatic rings. The highest BCUT2D eigenvalue weighted by Crippen LogP contribution is 2.12. The molecule has 0 unspecified atom stereocenters. The van der Waals surface area contributed by atoms with Gasteiger partial charge in [-0.25, -0.2) is 0 Å². The Morgan fingerprint density at radius 3 is 2.15 bits per heavy atom. The molecule has 5 nitrogen and oxygen atoms in total. The minimum Gasteiger partial charge on any atom is -0.383 e. The van der Waals surface area contributed by atoms with Crippen LogP contribution in [0.5, 0.6) is 0 Å². The first-order valence-electron chi connectivity index (χ1n) is 8.75. The fraction of sp³-hybridized carbons (Fsp3) is 0.333. The van der Waals surface area contributed by atoms with Gasteiger partial charge in [-0.15, -0.1) is 0 Å². The summed E-state index contributed by atoms with van der Waals surface area (Å²) >= 11 is 0. The quantitative estimate of drug-likeness (QED) is 0.704. The molecular formula is C21H26N2O3. The normalized spacial score (nSPS) is 11.6. The second kappa shape index (κ2) is 10.4. The summed E-state index contributed by atoms with van der Waals surface area (Å²) < 4.78 is 4.96. The van der Waals surface area contributed by atoms with Crippen molar-refractivity contribution in [3.8, 4) is 0 Å². The van der Waals surface area contributed by atoms with Crippen LogP contribution < -0.4 is 5.32 Å². The highest BCUT2D eigenvalue weighted by molar-refractivity contribution is 5.88. The van der Waals surface area contributed by atoms with E-state index in [0.717, 1.165) is 11.1 Å². The van der Waals surface area contributed by atoms with Crippen molar-refractivity contribution in [3.63, 3.8) is 0 Å². The summed E-state index contributed by atoms with van der Waals surface area (Å²) in [6, 6.07) is 18.7. The summed E-state index contributed by atoms with van der Waals surface area (Å²) in [5.41, 5.74) is 1.92. The highest BCUT2D eigenvalue weighted by Gasteiger charge is 2.25. The van der Waals surface area contributed by atoms with Crippen LogP contribution in [0.25, 0.3) is 0 Å². The molecule has 26 heavy (non-hydrogen) atoms. The van der Waals surface area contributed by atoms with Gasteiger partial charge < -0.3 is 15.0 Å². The number of nitrogens with zero attached hydrogens (tertiary/aromatic N) is 1. The van der Waals surface area contributed by atoms with Crippen molar-refractivity contribution in [1.82, 2.24) is 10.2 Å². The van der Waals surface area contributed by atoms with E-state index in [1.165, 1.54) is 0 Å². The lowest BCUT2D eigenvalue weighted by Crippen LogP contribution is -2.48. The van der Waals surface area contributed by atoms with Crippen LogP contribution in [0.3, 0.4) is 0 Å². The lowest BCUT2D eigenvalue weighted by molar-refractivity contribution is -0.140. The Bertz CT molecular complexity index is 689. The van der Waals surface area contributed by atoms with Crippen molar-refractivity contribution in [2.45, 2.75) is 25.9 Å². The van der Waals surface area contributed by atoms with Gasteiger partial charge >= 0.3 is 0 Å². The smallest absolute Gasteiger partial charge is 0.242 e. The molecule has 0 spiro atoms. The topological polar surface area (TPSA) is 58.6 Å². The minimum absolute atomic E-state index is 0.0746. The zero-order valence-electron chi connectivity index (χ0n) is 15.4. The monoisotopic (exact) mass is 354 g/mol. The summed E-state index contributed by atoms with van der Waals surface area (Å²) in [6.07, 6.45) is 0.267. The standard InChI is InChI=1S/C21H26N2O3/c1-17(21(25)22-13-14-26-2)23(16-19-11-7-4-8-12-19)20(24)15-18-9-5-3-6-10-18/h3-12,17H,13-16H2,1-2H3,(H,22,25)/t17-/m1/s1. The Morgan fingerprint density at radius 2 is 1.58 bits per heavy atom. The van der Waals surface area contributed by atoms with Crippen molar-refractivity contribution >= 4 is 11.8 Å². The number of rotatable bonds is 9. The van der Waals surface area contributed by atoms with Crippen LogP contribution in [0, 0.1) is 0 Å². The Hall–Kier alpha value is -2.66. The molecule has 0 radical (unpaired) electrons. The lowest BCUT2D eigenvalue weighted by Gasteiger charge is -2.29. The number of hydrogen-bond donors (Lipinski definition) is 1. The average molecular weight is 354 g/mol. The van der Waals surface area contributed by atoms with Crippen molar-refractivity contribution < 1.29 is 14.3 Å². The van der Waals surface area contributed by atoms with Gasteiger partial charge in [-0.3, -0.25) is 9.59 Å². The molecule has 0 aliphatic rings. The van der Waals surface area contributed by atoms with E-state index in [4.69, 9.17) is 4.74 Å². The summed E-state index contributed by atoms with van der Waals surface area (Å²) in [5, 5.41) is 2.81. The molecule has 1 N–H and O–H groups in total. The molecule has 0 saturated carbocycles. The number of methoxy groups -OCH3 is 1. The van der Waals surface area contributed by atoms with Gasteiger partial charge in [-0.2, -0.15) is 0 Å². The van der Waals surface area contributed by atoms with Crippen LogP contribution >= 0.6 is 0 Å². The van der Waals surface area contributed by atoms with Gasteiger partial charge in [0.05, 0.1) is 13.0 Å². The second-order valence-electron chi connectivity index (χ2n) is 6.13. The maximum Gasteiger partial charge on any atom is 0.242 e. The summed E-state index contributed by atoms with van der Waals surface area (Å²) in [7, 11) is 1.58. The Balaban J connectivity index is 2.12. The van der Waals surface area contributed by atoms with E-state index in [1.807, 2.05) is 60.7 Å². The first-order chi connectivity index (χ1) is 12.6. The van der Waals surface area contributed by atoms with E-state index in [9.17, 15) is 9.59 Å². The van der Waals surface area contributed by atoms with E-state index in [2.05, 4.69) is 5.32 Å². The summed E-state index contributed by atoms with van der Waals surface area (Å²) in [6.45, 7) is 3.01.